The summed E-state index contributed by atoms with van der Waals surface area (Å²) in [4.78, 5) is 15.1. The number of nitrogens with one attached hydrogen (secondary N) is 1. The molecule has 1 unspecified atom stereocenters. The summed E-state index contributed by atoms with van der Waals surface area (Å²) >= 11 is 1.69. The molecule has 2 aromatic rings. The number of hydrogen-bond donors (Lipinski definition) is 1. The second-order valence-electron chi connectivity index (χ2n) is 6.79. The molecule has 3 rings (SSSR count). The van der Waals surface area contributed by atoms with E-state index in [9.17, 15) is 13.2 Å². The van der Waals surface area contributed by atoms with E-state index in [1.165, 1.54) is 9.18 Å². The topological polar surface area (TPSA) is 92.5 Å². The monoisotopic (exact) mass is 411 g/mol. The minimum absolute atomic E-state index is 0.0971. The molecule has 1 atom stereocenters. The number of hydrogen-bond acceptors (Lipinski definition) is 6. The summed E-state index contributed by atoms with van der Waals surface area (Å²) in [6.45, 7) is 6.38. The third kappa shape index (κ3) is 4.25. The van der Waals surface area contributed by atoms with E-state index >= 15 is 0 Å². The lowest BCUT2D eigenvalue weighted by Crippen LogP contribution is -2.45. The summed E-state index contributed by atoms with van der Waals surface area (Å²) in [6.07, 6.45) is 2.32. The molecule has 148 valence electrons. The molecule has 0 aromatic carbocycles. The van der Waals surface area contributed by atoms with Gasteiger partial charge in [-0.15, -0.1) is 11.3 Å². The van der Waals surface area contributed by atoms with Gasteiger partial charge in [0.15, 0.2) is 5.76 Å². The lowest BCUT2D eigenvalue weighted by atomic mass is 9.99. The van der Waals surface area contributed by atoms with E-state index in [0.29, 0.717) is 31.6 Å². The van der Waals surface area contributed by atoms with Gasteiger partial charge in [-0.3, -0.25) is 4.79 Å². The first-order valence-electron chi connectivity index (χ1n) is 9.11. The third-order valence-electron chi connectivity index (χ3n) is 4.82. The zero-order valence-corrected chi connectivity index (χ0v) is 17.5. The minimum Gasteiger partial charge on any atom is -0.360 e. The number of carbonyl (C=O) groups excluding carboxylic acids is 1. The fourth-order valence-corrected chi connectivity index (χ4v) is 6.09. The van der Waals surface area contributed by atoms with Crippen molar-refractivity contribution in [3.05, 3.63) is 33.3 Å². The Morgan fingerprint density at radius 1 is 1.37 bits per heavy atom. The summed E-state index contributed by atoms with van der Waals surface area (Å²) in [5, 5.41) is 6.70. The number of piperidine rings is 1. The zero-order valence-electron chi connectivity index (χ0n) is 15.8. The van der Waals surface area contributed by atoms with Crippen LogP contribution in [0.2, 0.25) is 0 Å². The quantitative estimate of drug-likeness (QED) is 0.789. The van der Waals surface area contributed by atoms with Crippen molar-refractivity contribution in [2.45, 2.75) is 51.5 Å². The van der Waals surface area contributed by atoms with E-state index < -0.39 is 10.0 Å². The lowest BCUT2D eigenvalue weighted by molar-refractivity contribution is -0.126. The molecule has 0 spiro atoms. The highest BCUT2D eigenvalue weighted by Gasteiger charge is 2.36. The summed E-state index contributed by atoms with van der Waals surface area (Å²) < 4.78 is 32.3. The molecule has 1 saturated heterocycles. The van der Waals surface area contributed by atoms with Gasteiger partial charge in [0.05, 0.1) is 12.5 Å². The highest BCUT2D eigenvalue weighted by atomic mass is 32.2. The van der Waals surface area contributed by atoms with Gasteiger partial charge < -0.3 is 9.84 Å². The van der Waals surface area contributed by atoms with E-state index in [2.05, 4.69) is 23.5 Å². The van der Waals surface area contributed by atoms with Crippen LogP contribution in [0.1, 0.15) is 41.0 Å². The van der Waals surface area contributed by atoms with Gasteiger partial charge in [0.1, 0.15) is 10.6 Å². The van der Waals surface area contributed by atoms with Gasteiger partial charge in [0, 0.05) is 22.8 Å². The zero-order chi connectivity index (χ0) is 19.6. The summed E-state index contributed by atoms with van der Waals surface area (Å²) in [5.74, 6) is -0.164. The molecular weight excluding hydrogens is 386 g/mol. The molecule has 1 aliphatic heterocycles. The molecular formula is C18H25N3O4S2. The van der Waals surface area contributed by atoms with E-state index in [1.54, 1.807) is 25.2 Å². The van der Waals surface area contributed by atoms with Crippen LogP contribution in [0.3, 0.4) is 0 Å². The van der Waals surface area contributed by atoms with Crippen LogP contribution in [0.4, 0.5) is 0 Å². The van der Waals surface area contributed by atoms with Crippen LogP contribution in [0.5, 0.6) is 0 Å². The molecule has 0 radical (unpaired) electrons. The molecule has 0 aliphatic carbocycles. The average Bonchev–Trinajstić information content (AvgIpc) is 3.26. The molecule has 9 heteroatoms. The Morgan fingerprint density at radius 3 is 2.74 bits per heavy atom. The van der Waals surface area contributed by atoms with Gasteiger partial charge in [0.25, 0.3) is 0 Å². The van der Waals surface area contributed by atoms with Crippen molar-refractivity contribution in [2.24, 2.45) is 5.92 Å². The standard InChI is InChI=1S/C18H25N3O4S2/c1-4-15-7-8-16(26-15)10-19-18(22)14-6-5-9-21(11-14)27(23,24)17-12(2)20-25-13(17)3/h7-8,14H,4-6,9-11H2,1-3H3,(H,19,22). The number of aromatic nitrogens is 1. The van der Waals surface area contributed by atoms with Crippen molar-refractivity contribution in [2.75, 3.05) is 13.1 Å². The fraction of sp³-hybridized carbons (Fsp3) is 0.556. The average molecular weight is 412 g/mol. The van der Waals surface area contributed by atoms with E-state index in [1.807, 2.05) is 6.07 Å². The number of rotatable bonds is 6. The number of sulfonamides is 1. The van der Waals surface area contributed by atoms with E-state index in [0.717, 1.165) is 11.3 Å². The van der Waals surface area contributed by atoms with Gasteiger partial charge in [-0.25, -0.2) is 8.42 Å². The molecule has 7 nitrogen and oxygen atoms in total. The normalized spacial score (nSPS) is 18.6. The number of thiophene rings is 1. The van der Waals surface area contributed by atoms with Gasteiger partial charge >= 0.3 is 0 Å². The smallest absolute Gasteiger partial charge is 0.248 e. The van der Waals surface area contributed by atoms with Crippen molar-refractivity contribution in [1.29, 1.82) is 0 Å². The molecule has 27 heavy (non-hydrogen) atoms. The predicted molar refractivity (Wildman–Crippen MR) is 103 cm³/mol. The Labute approximate surface area is 163 Å². The van der Waals surface area contributed by atoms with Crippen LogP contribution in [-0.4, -0.2) is 36.9 Å². The molecule has 2 aromatic heterocycles. The van der Waals surface area contributed by atoms with Crippen LogP contribution in [0, 0.1) is 19.8 Å². The maximum atomic E-state index is 13.0. The van der Waals surface area contributed by atoms with Gasteiger partial charge in [0.2, 0.25) is 15.9 Å². The maximum absolute atomic E-state index is 13.0. The number of nitrogens with zero attached hydrogens (tertiary/aromatic N) is 2. The Hall–Kier alpha value is -1.71. The van der Waals surface area contributed by atoms with E-state index in [-0.39, 0.29) is 29.0 Å². The first-order chi connectivity index (χ1) is 12.8. The van der Waals surface area contributed by atoms with Crippen molar-refractivity contribution in [1.82, 2.24) is 14.8 Å². The second kappa shape index (κ2) is 8.12. The maximum Gasteiger partial charge on any atom is 0.248 e. The second-order valence-corrected chi connectivity index (χ2v) is 9.92. The summed E-state index contributed by atoms with van der Waals surface area (Å²) in [7, 11) is -3.71. The van der Waals surface area contributed by atoms with Crippen LogP contribution in [0.15, 0.2) is 21.6 Å². The summed E-state index contributed by atoms with van der Waals surface area (Å²) in [6, 6.07) is 4.10. The van der Waals surface area contributed by atoms with Crippen molar-refractivity contribution in [3.8, 4) is 0 Å². The highest BCUT2D eigenvalue weighted by molar-refractivity contribution is 7.89. The van der Waals surface area contributed by atoms with Crippen LogP contribution >= 0.6 is 11.3 Å². The molecule has 1 N–H and O–H groups in total. The SMILES string of the molecule is CCc1ccc(CNC(=O)C2CCCN(S(=O)(=O)c3c(C)noc3C)C2)s1. The third-order valence-corrected chi connectivity index (χ3v) is 8.16. The predicted octanol–water partition coefficient (Wildman–Crippen LogP) is 2.63. The van der Waals surface area contributed by atoms with E-state index in [4.69, 9.17) is 4.52 Å². The Bertz CT molecular complexity index is 897. The van der Waals surface area contributed by atoms with Crippen LogP contribution in [-0.2, 0) is 27.8 Å². The first-order valence-corrected chi connectivity index (χ1v) is 11.4. The molecule has 0 bridgehead atoms. The fourth-order valence-electron chi connectivity index (χ4n) is 3.37. The summed E-state index contributed by atoms with van der Waals surface area (Å²) in [5.41, 5.74) is 0.350. The molecule has 1 amide bonds. The first kappa shape index (κ1) is 20.0. The number of amides is 1. The number of aryl methyl sites for hydroxylation is 3. The Morgan fingerprint density at radius 2 is 2.11 bits per heavy atom. The molecule has 1 aliphatic rings. The van der Waals surface area contributed by atoms with Crippen molar-refractivity contribution >= 4 is 27.3 Å². The van der Waals surface area contributed by atoms with Crippen molar-refractivity contribution < 1.29 is 17.7 Å². The van der Waals surface area contributed by atoms with Gasteiger partial charge in [-0.05, 0) is 45.2 Å². The molecule has 0 saturated carbocycles. The Kier molecular flexibility index (Phi) is 6.02. The lowest BCUT2D eigenvalue weighted by Gasteiger charge is -2.31. The molecule has 1 fully saturated rings. The van der Waals surface area contributed by atoms with Gasteiger partial charge in [-0.2, -0.15) is 4.31 Å². The van der Waals surface area contributed by atoms with Crippen LogP contribution in [0.25, 0.3) is 0 Å². The Balaban J connectivity index is 1.65. The van der Waals surface area contributed by atoms with Crippen LogP contribution < -0.4 is 5.32 Å². The number of carbonyl (C=O) groups is 1. The largest absolute Gasteiger partial charge is 0.360 e. The molecule has 3 heterocycles. The van der Waals surface area contributed by atoms with Gasteiger partial charge in [-0.1, -0.05) is 12.1 Å². The highest BCUT2D eigenvalue weighted by Crippen LogP contribution is 2.28. The minimum atomic E-state index is -3.71. The van der Waals surface area contributed by atoms with Crippen molar-refractivity contribution in [3.63, 3.8) is 0 Å².